The summed E-state index contributed by atoms with van der Waals surface area (Å²) in [7, 11) is 0. The zero-order valence-electron chi connectivity index (χ0n) is 12.6. The highest BCUT2D eigenvalue weighted by molar-refractivity contribution is 6.33. The van der Waals surface area contributed by atoms with E-state index in [-0.39, 0.29) is 23.5 Å². The van der Waals surface area contributed by atoms with Gasteiger partial charge in [-0.25, -0.2) is 0 Å². The Bertz CT molecular complexity index is 1030. The molecule has 0 N–H and O–H groups in total. The molecule has 1 aromatic heterocycles. The van der Waals surface area contributed by atoms with E-state index >= 15 is 0 Å². The minimum Gasteiger partial charge on any atom is -0.471 e. The van der Waals surface area contributed by atoms with Gasteiger partial charge in [-0.2, -0.15) is 5.26 Å². The van der Waals surface area contributed by atoms with Gasteiger partial charge in [-0.1, -0.05) is 35.3 Å². The molecule has 0 aliphatic carbocycles. The molecule has 3 rings (SSSR count). The topological polar surface area (TPSA) is 63.2 Å². The van der Waals surface area contributed by atoms with Crippen molar-refractivity contribution in [2.45, 2.75) is 6.92 Å². The number of ether oxygens (including phenoxy) is 1. The van der Waals surface area contributed by atoms with E-state index in [2.05, 4.69) is 0 Å². The van der Waals surface area contributed by atoms with Crippen LogP contribution in [-0.2, 0) is 0 Å². The number of rotatable bonds is 3. The molecule has 2 aromatic carbocycles. The first kappa shape index (κ1) is 16.4. The lowest BCUT2D eigenvalue weighted by Gasteiger charge is -2.11. The number of nitriles is 1. The van der Waals surface area contributed by atoms with Crippen LogP contribution in [-0.4, -0.2) is 6.61 Å². The molecule has 3 aromatic rings. The van der Waals surface area contributed by atoms with E-state index < -0.39 is 5.43 Å². The van der Waals surface area contributed by atoms with E-state index in [1.807, 2.05) is 13.0 Å². The molecule has 0 saturated heterocycles. The van der Waals surface area contributed by atoms with Crippen molar-refractivity contribution in [2.75, 3.05) is 6.61 Å². The van der Waals surface area contributed by atoms with Crippen molar-refractivity contribution in [1.82, 2.24) is 0 Å². The minimum absolute atomic E-state index is 0.0583. The highest BCUT2D eigenvalue weighted by Gasteiger charge is 2.20. The number of nitrogens with zero attached hydrogens (tertiary/aromatic N) is 1. The van der Waals surface area contributed by atoms with Crippen LogP contribution in [0.2, 0.25) is 10.0 Å². The average Bonchev–Trinajstić information content (AvgIpc) is 2.56. The van der Waals surface area contributed by atoms with Gasteiger partial charge in [0.05, 0.1) is 10.4 Å². The minimum atomic E-state index is -0.400. The quantitative estimate of drug-likeness (QED) is 0.661. The molecule has 0 saturated carbocycles. The lowest BCUT2D eigenvalue weighted by Crippen LogP contribution is -2.10. The van der Waals surface area contributed by atoms with Crippen LogP contribution in [0, 0.1) is 18.3 Å². The first-order valence-electron chi connectivity index (χ1n) is 7.04. The summed E-state index contributed by atoms with van der Waals surface area (Å²) in [4.78, 5) is 12.8. The van der Waals surface area contributed by atoms with Crippen LogP contribution in [0.5, 0.6) is 5.75 Å². The Morgan fingerprint density at radius 3 is 2.67 bits per heavy atom. The van der Waals surface area contributed by atoms with Crippen molar-refractivity contribution in [3.05, 3.63) is 62.2 Å². The molecule has 0 radical (unpaired) electrons. The average molecular weight is 360 g/mol. The smallest absolute Gasteiger partial charge is 0.235 e. The summed E-state index contributed by atoms with van der Waals surface area (Å²) in [5.74, 6) is 0.132. The number of aryl methyl sites for hydroxylation is 1. The second-order valence-electron chi connectivity index (χ2n) is 5.11. The van der Waals surface area contributed by atoms with Crippen LogP contribution in [0.4, 0.5) is 0 Å². The molecular formula is C18H11Cl2NO3. The molecule has 24 heavy (non-hydrogen) atoms. The first-order valence-corrected chi connectivity index (χ1v) is 7.80. The molecule has 1 heterocycles. The predicted octanol–water partition coefficient (Wildman–Crippen LogP) is 4.98. The lowest BCUT2D eigenvalue weighted by molar-refractivity contribution is 0.356. The Balaban J connectivity index is 2.38. The maximum absolute atomic E-state index is 12.8. The third-order valence-electron chi connectivity index (χ3n) is 3.53. The van der Waals surface area contributed by atoms with E-state index in [0.29, 0.717) is 21.2 Å². The number of fused-ring (bicyclic) bond motifs is 1. The van der Waals surface area contributed by atoms with Gasteiger partial charge in [0, 0.05) is 10.6 Å². The lowest BCUT2D eigenvalue weighted by atomic mass is 10.1. The molecule has 0 unspecified atom stereocenters. The molecule has 0 aliphatic rings. The second-order valence-corrected chi connectivity index (χ2v) is 5.93. The molecule has 4 nitrogen and oxygen atoms in total. The van der Waals surface area contributed by atoms with E-state index in [1.54, 1.807) is 30.3 Å². The van der Waals surface area contributed by atoms with Crippen molar-refractivity contribution < 1.29 is 9.15 Å². The standard InChI is InChI=1S/C18H11Cl2NO3/c1-10-8-15-12(9-14(10)20)16(22)18(23-7-6-21)17(24-15)11-4-2-3-5-13(11)19/h2-5,8-9H,7H2,1H3. The molecular weight excluding hydrogens is 349 g/mol. The van der Waals surface area contributed by atoms with Crippen LogP contribution in [0.25, 0.3) is 22.3 Å². The Hall–Kier alpha value is -2.48. The van der Waals surface area contributed by atoms with Gasteiger partial charge in [0.25, 0.3) is 0 Å². The van der Waals surface area contributed by atoms with Crippen molar-refractivity contribution in [2.24, 2.45) is 0 Å². The van der Waals surface area contributed by atoms with Gasteiger partial charge in [-0.05, 0) is 36.8 Å². The zero-order chi connectivity index (χ0) is 17.3. The van der Waals surface area contributed by atoms with Gasteiger partial charge >= 0.3 is 0 Å². The predicted molar refractivity (Wildman–Crippen MR) is 93.8 cm³/mol. The zero-order valence-corrected chi connectivity index (χ0v) is 14.1. The third-order valence-corrected chi connectivity index (χ3v) is 4.27. The second kappa shape index (κ2) is 6.56. The van der Waals surface area contributed by atoms with Crippen molar-refractivity contribution >= 4 is 34.2 Å². The molecule has 6 heteroatoms. The number of hydrogen-bond donors (Lipinski definition) is 0. The number of hydrogen-bond acceptors (Lipinski definition) is 4. The van der Waals surface area contributed by atoms with E-state index in [9.17, 15) is 4.79 Å². The van der Waals surface area contributed by atoms with Gasteiger partial charge in [0.1, 0.15) is 11.7 Å². The third kappa shape index (κ3) is 2.84. The van der Waals surface area contributed by atoms with Crippen LogP contribution in [0.1, 0.15) is 5.56 Å². The van der Waals surface area contributed by atoms with E-state index in [4.69, 9.17) is 37.6 Å². The van der Waals surface area contributed by atoms with Gasteiger partial charge in [-0.3, -0.25) is 4.79 Å². The highest BCUT2D eigenvalue weighted by atomic mass is 35.5. The largest absolute Gasteiger partial charge is 0.471 e. The Morgan fingerprint density at radius 2 is 1.96 bits per heavy atom. The maximum Gasteiger partial charge on any atom is 0.235 e. The molecule has 0 spiro atoms. The molecule has 0 bridgehead atoms. The number of halogens is 2. The summed E-state index contributed by atoms with van der Waals surface area (Å²) >= 11 is 12.3. The molecule has 0 aliphatic heterocycles. The maximum atomic E-state index is 12.8. The Morgan fingerprint density at radius 1 is 1.21 bits per heavy atom. The Labute approximate surface area is 147 Å². The van der Waals surface area contributed by atoms with Gasteiger partial charge in [0.2, 0.25) is 11.2 Å². The normalized spacial score (nSPS) is 10.6. The van der Waals surface area contributed by atoms with E-state index in [1.165, 1.54) is 6.07 Å². The molecule has 0 amide bonds. The molecule has 0 fully saturated rings. The highest BCUT2D eigenvalue weighted by Crippen LogP contribution is 2.36. The SMILES string of the molecule is Cc1cc2oc(-c3ccccc3Cl)c(OCC#N)c(=O)c2cc1Cl. The van der Waals surface area contributed by atoms with Crippen molar-refractivity contribution in [3.8, 4) is 23.1 Å². The van der Waals surface area contributed by atoms with Crippen molar-refractivity contribution in [3.63, 3.8) is 0 Å². The summed E-state index contributed by atoms with van der Waals surface area (Å²) in [6, 6.07) is 12.0. The van der Waals surface area contributed by atoms with E-state index in [0.717, 1.165) is 5.56 Å². The first-order chi connectivity index (χ1) is 11.5. The summed E-state index contributed by atoms with van der Waals surface area (Å²) in [6.07, 6.45) is 0. The fourth-order valence-corrected chi connectivity index (χ4v) is 2.74. The summed E-state index contributed by atoms with van der Waals surface area (Å²) in [5, 5.41) is 9.92. The van der Waals surface area contributed by atoms with Gasteiger partial charge < -0.3 is 9.15 Å². The fourth-order valence-electron chi connectivity index (χ4n) is 2.36. The van der Waals surface area contributed by atoms with Crippen LogP contribution in [0.15, 0.2) is 45.6 Å². The Kier molecular flexibility index (Phi) is 4.48. The molecule has 120 valence electrons. The monoisotopic (exact) mass is 359 g/mol. The van der Waals surface area contributed by atoms with Crippen LogP contribution >= 0.6 is 23.2 Å². The van der Waals surface area contributed by atoms with Crippen molar-refractivity contribution in [1.29, 1.82) is 5.26 Å². The summed E-state index contributed by atoms with van der Waals surface area (Å²) in [6.45, 7) is 1.53. The fraction of sp³-hybridized carbons (Fsp3) is 0.111. The number of benzene rings is 2. The van der Waals surface area contributed by atoms with Crippen LogP contribution in [0.3, 0.4) is 0 Å². The van der Waals surface area contributed by atoms with Crippen LogP contribution < -0.4 is 10.2 Å². The van der Waals surface area contributed by atoms with Gasteiger partial charge in [-0.15, -0.1) is 0 Å². The summed E-state index contributed by atoms with van der Waals surface area (Å²) < 4.78 is 11.2. The molecule has 0 atom stereocenters. The summed E-state index contributed by atoms with van der Waals surface area (Å²) in [5.41, 5.74) is 1.27. The van der Waals surface area contributed by atoms with Gasteiger partial charge in [0.15, 0.2) is 12.4 Å².